The molecule has 0 spiro atoms. The summed E-state index contributed by atoms with van der Waals surface area (Å²) in [7, 11) is 4.22. The van der Waals surface area contributed by atoms with Crippen molar-refractivity contribution in [3.8, 4) is 16.9 Å². The smallest absolute Gasteiger partial charge is 0.244 e. The molecule has 5 heteroatoms. The summed E-state index contributed by atoms with van der Waals surface area (Å²) in [6, 6.07) is 20.0. The summed E-state index contributed by atoms with van der Waals surface area (Å²) in [6.45, 7) is 1.72. The maximum absolute atomic E-state index is 12.2. The second-order valence-electron chi connectivity index (χ2n) is 7.01. The van der Waals surface area contributed by atoms with E-state index in [2.05, 4.69) is 19.4 Å². The van der Waals surface area contributed by atoms with Gasteiger partial charge < -0.3 is 10.2 Å². The summed E-state index contributed by atoms with van der Waals surface area (Å²) in [5.41, 5.74) is 3.76. The van der Waals surface area contributed by atoms with Crippen LogP contribution in [-0.4, -0.2) is 42.9 Å². The Morgan fingerprint density at radius 1 is 1.07 bits per heavy atom. The van der Waals surface area contributed by atoms with Crippen LogP contribution in [0.25, 0.3) is 23.0 Å². The predicted octanol–water partition coefficient (Wildman–Crippen LogP) is 2.20. The fraction of sp³-hybridized carbons (Fsp3) is 0.217. The molecule has 0 aliphatic rings. The van der Waals surface area contributed by atoms with Crippen LogP contribution in [0.3, 0.4) is 0 Å². The van der Waals surface area contributed by atoms with Crippen molar-refractivity contribution < 1.29 is 9.69 Å². The minimum Gasteiger partial charge on any atom is -0.352 e. The van der Waals surface area contributed by atoms with Crippen LogP contribution in [0.5, 0.6) is 0 Å². The number of nitrogens with one attached hydrogen (secondary N) is 2. The molecule has 0 fully saturated rings. The third-order valence-electron chi connectivity index (χ3n) is 4.38. The van der Waals surface area contributed by atoms with E-state index in [0.717, 1.165) is 35.5 Å². The van der Waals surface area contributed by atoms with Crippen LogP contribution in [0.15, 0.2) is 72.9 Å². The molecule has 0 atom stereocenters. The number of amides is 1. The van der Waals surface area contributed by atoms with Crippen LogP contribution in [0, 0.1) is 0 Å². The molecule has 0 aliphatic heterocycles. The molecule has 1 amide bonds. The average molecular weight is 375 g/mol. The molecule has 0 radical (unpaired) electrons. The number of rotatable bonds is 8. The first kappa shape index (κ1) is 19.6. The van der Waals surface area contributed by atoms with Crippen molar-refractivity contribution in [3.63, 3.8) is 0 Å². The van der Waals surface area contributed by atoms with Gasteiger partial charge in [-0.05, 0) is 18.2 Å². The second kappa shape index (κ2) is 9.67. The predicted molar refractivity (Wildman–Crippen MR) is 113 cm³/mol. The Morgan fingerprint density at radius 2 is 1.75 bits per heavy atom. The minimum atomic E-state index is -0.0831. The molecule has 0 saturated carbocycles. The lowest BCUT2D eigenvalue weighted by atomic mass is 10.1. The molecule has 1 heterocycles. The van der Waals surface area contributed by atoms with Gasteiger partial charge in [-0.1, -0.05) is 48.5 Å². The van der Waals surface area contributed by atoms with E-state index in [1.807, 2.05) is 77.6 Å². The first-order chi connectivity index (χ1) is 13.6. The molecule has 1 aromatic heterocycles. The van der Waals surface area contributed by atoms with E-state index in [9.17, 15) is 4.79 Å². The lowest BCUT2D eigenvalue weighted by molar-refractivity contribution is -0.858. The highest BCUT2D eigenvalue weighted by Gasteiger charge is 2.10. The van der Waals surface area contributed by atoms with Crippen LogP contribution in [0.2, 0.25) is 0 Å². The van der Waals surface area contributed by atoms with Crippen LogP contribution in [0.4, 0.5) is 0 Å². The van der Waals surface area contributed by atoms with Crippen molar-refractivity contribution in [1.29, 1.82) is 0 Å². The Balaban J connectivity index is 1.79. The van der Waals surface area contributed by atoms with Crippen LogP contribution in [-0.2, 0) is 4.79 Å². The van der Waals surface area contributed by atoms with E-state index in [0.29, 0.717) is 6.54 Å². The Hall–Kier alpha value is -3.18. The van der Waals surface area contributed by atoms with E-state index in [4.69, 9.17) is 5.10 Å². The monoisotopic (exact) mass is 375 g/mol. The number of hydrogen-bond donors (Lipinski definition) is 2. The number of para-hydroxylation sites is 1. The molecule has 144 valence electrons. The summed E-state index contributed by atoms with van der Waals surface area (Å²) >= 11 is 0. The molecule has 3 aromatic rings. The molecule has 2 aromatic carbocycles. The largest absolute Gasteiger partial charge is 0.352 e. The standard InChI is InChI=1S/C23H26N4O/c1-26(2)17-9-16-24-22(28)15-14-20-18-27(21-12-7-4-8-13-21)25-23(20)19-10-5-3-6-11-19/h3-8,10-15,18H,9,16-17H2,1-2H3,(H,24,28)/p+1/b15-14+. The van der Waals surface area contributed by atoms with E-state index in [-0.39, 0.29) is 5.91 Å². The van der Waals surface area contributed by atoms with Crippen molar-refractivity contribution in [1.82, 2.24) is 15.1 Å². The van der Waals surface area contributed by atoms with Gasteiger partial charge in [-0.2, -0.15) is 5.10 Å². The lowest BCUT2D eigenvalue weighted by Gasteiger charge is -2.06. The van der Waals surface area contributed by atoms with Gasteiger partial charge in [0.2, 0.25) is 5.91 Å². The van der Waals surface area contributed by atoms with Crippen LogP contribution < -0.4 is 10.2 Å². The van der Waals surface area contributed by atoms with E-state index < -0.39 is 0 Å². The normalized spacial score (nSPS) is 11.2. The highest BCUT2D eigenvalue weighted by atomic mass is 16.1. The zero-order chi connectivity index (χ0) is 19.8. The number of quaternary nitrogens is 1. The quantitative estimate of drug-likeness (QED) is 0.468. The van der Waals surface area contributed by atoms with Crippen LogP contribution in [0.1, 0.15) is 12.0 Å². The fourth-order valence-corrected chi connectivity index (χ4v) is 2.92. The first-order valence-electron chi connectivity index (χ1n) is 9.59. The topological polar surface area (TPSA) is 51.4 Å². The molecule has 28 heavy (non-hydrogen) atoms. The van der Waals surface area contributed by atoms with Gasteiger partial charge in [0.25, 0.3) is 0 Å². The van der Waals surface area contributed by atoms with E-state index in [1.165, 1.54) is 4.90 Å². The number of aromatic nitrogens is 2. The molecule has 3 rings (SSSR count). The van der Waals surface area contributed by atoms with Crippen molar-refractivity contribution in [2.45, 2.75) is 6.42 Å². The molecule has 0 aliphatic carbocycles. The van der Waals surface area contributed by atoms with Gasteiger partial charge in [-0.15, -0.1) is 0 Å². The van der Waals surface area contributed by atoms with Gasteiger partial charge in [-0.25, -0.2) is 4.68 Å². The summed E-state index contributed by atoms with van der Waals surface area (Å²) < 4.78 is 1.85. The molecule has 0 bridgehead atoms. The zero-order valence-electron chi connectivity index (χ0n) is 16.4. The van der Waals surface area contributed by atoms with Gasteiger partial charge in [0.05, 0.1) is 32.0 Å². The number of carbonyl (C=O) groups is 1. The van der Waals surface area contributed by atoms with Gasteiger partial charge >= 0.3 is 0 Å². The molecule has 0 unspecified atom stereocenters. The third kappa shape index (κ3) is 5.41. The van der Waals surface area contributed by atoms with Gasteiger partial charge in [0.15, 0.2) is 0 Å². The maximum atomic E-state index is 12.2. The number of carbonyl (C=O) groups excluding carboxylic acids is 1. The summed E-state index contributed by atoms with van der Waals surface area (Å²) in [6.07, 6.45) is 6.34. The second-order valence-corrected chi connectivity index (χ2v) is 7.01. The van der Waals surface area contributed by atoms with Gasteiger partial charge in [0.1, 0.15) is 0 Å². The molecule has 0 saturated heterocycles. The summed E-state index contributed by atoms with van der Waals surface area (Å²) in [5, 5.41) is 7.69. The van der Waals surface area contributed by atoms with Gasteiger partial charge in [0, 0.05) is 36.4 Å². The van der Waals surface area contributed by atoms with E-state index in [1.54, 1.807) is 6.08 Å². The van der Waals surface area contributed by atoms with E-state index >= 15 is 0 Å². The van der Waals surface area contributed by atoms with Crippen molar-refractivity contribution in [3.05, 3.63) is 78.5 Å². The molecule has 2 N–H and O–H groups in total. The Bertz CT molecular complexity index is 914. The number of hydrogen-bond acceptors (Lipinski definition) is 2. The Morgan fingerprint density at radius 3 is 2.43 bits per heavy atom. The fourth-order valence-electron chi connectivity index (χ4n) is 2.92. The zero-order valence-corrected chi connectivity index (χ0v) is 16.4. The SMILES string of the molecule is C[NH+](C)CCCNC(=O)/C=C/c1cn(-c2ccccc2)nc1-c1ccccc1. The average Bonchev–Trinajstić information content (AvgIpc) is 3.15. The lowest BCUT2D eigenvalue weighted by Crippen LogP contribution is -3.05. The maximum Gasteiger partial charge on any atom is 0.244 e. The summed E-state index contributed by atoms with van der Waals surface area (Å²) in [4.78, 5) is 13.5. The highest BCUT2D eigenvalue weighted by Crippen LogP contribution is 2.24. The third-order valence-corrected chi connectivity index (χ3v) is 4.38. The van der Waals surface area contributed by atoms with Crippen molar-refractivity contribution in [2.75, 3.05) is 27.2 Å². The number of benzene rings is 2. The van der Waals surface area contributed by atoms with Crippen molar-refractivity contribution in [2.24, 2.45) is 0 Å². The number of nitrogens with zero attached hydrogens (tertiary/aromatic N) is 2. The minimum absolute atomic E-state index is 0.0831. The van der Waals surface area contributed by atoms with Crippen LogP contribution >= 0.6 is 0 Å². The first-order valence-corrected chi connectivity index (χ1v) is 9.59. The molecular formula is C23H27N4O+. The highest BCUT2D eigenvalue weighted by molar-refractivity contribution is 5.92. The summed E-state index contributed by atoms with van der Waals surface area (Å²) in [5.74, 6) is -0.0831. The Kier molecular flexibility index (Phi) is 6.76. The van der Waals surface area contributed by atoms with Gasteiger partial charge in [-0.3, -0.25) is 4.79 Å². The van der Waals surface area contributed by atoms with Crippen molar-refractivity contribution >= 4 is 12.0 Å². The molecule has 5 nitrogen and oxygen atoms in total. The molecular weight excluding hydrogens is 348 g/mol. The Labute approximate surface area is 166 Å².